The van der Waals surface area contributed by atoms with E-state index in [1.54, 1.807) is 4.90 Å². The van der Waals surface area contributed by atoms with Crippen molar-refractivity contribution in [3.63, 3.8) is 0 Å². The minimum absolute atomic E-state index is 0.111. The summed E-state index contributed by atoms with van der Waals surface area (Å²) in [5.41, 5.74) is 2.80. The van der Waals surface area contributed by atoms with Crippen LogP contribution in [0.2, 0.25) is 0 Å². The van der Waals surface area contributed by atoms with E-state index in [4.69, 9.17) is 9.15 Å². The lowest BCUT2D eigenvalue weighted by Crippen LogP contribution is -2.37. The van der Waals surface area contributed by atoms with Crippen molar-refractivity contribution >= 4 is 39.3 Å². The smallest absolute Gasteiger partial charge is 0.247 e. The second kappa shape index (κ2) is 8.99. The maximum Gasteiger partial charge on any atom is 0.247 e. The van der Waals surface area contributed by atoms with Crippen LogP contribution < -0.4 is 9.64 Å². The molecule has 33 heavy (non-hydrogen) atoms. The molecule has 0 N–H and O–H groups in total. The van der Waals surface area contributed by atoms with Crippen LogP contribution in [0.1, 0.15) is 25.3 Å². The predicted octanol–water partition coefficient (Wildman–Crippen LogP) is 6.12. The van der Waals surface area contributed by atoms with E-state index in [0.29, 0.717) is 40.4 Å². The molecular weight excluding hydrogens is 504 g/mol. The summed E-state index contributed by atoms with van der Waals surface area (Å²) >= 11 is 4.82. The highest BCUT2D eigenvalue weighted by atomic mass is 79.9. The second-order valence-electron chi connectivity index (χ2n) is 7.27. The van der Waals surface area contributed by atoms with E-state index < -0.39 is 6.23 Å². The zero-order chi connectivity index (χ0) is 22.9. The van der Waals surface area contributed by atoms with Crippen molar-refractivity contribution in [1.29, 1.82) is 0 Å². The lowest BCUT2D eigenvalue weighted by molar-refractivity contribution is -0.120. The van der Waals surface area contributed by atoms with Crippen LogP contribution in [0.25, 0.3) is 22.6 Å². The van der Waals surface area contributed by atoms with E-state index in [9.17, 15) is 4.79 Å². The maximum atomic E-state index is 13.2. The minimum atomic E-state index is -0.851. The Labute approximate surface area is 203 Å². The molecule has 5 rings (SSSR count). The first-order chi connectivity index (χ1) is 16.1. The van der Waals surface area contributed by atoms with Gasteiger partial charge in [-0.1, -0.05) is 64.9 Å². The van der Waals surface area contributed by atoms with E-state index in [2.05, 4.69) is 31.1 Å². The number of thioether (sulfide) groups is 1. The fraction of sp³-hybridized carbons (Fsp3) is 0.167. The minimum Gasteiger partial charge on any atom is -0.455 e. The van der Waals surface area contributed by atoms with Gasteiger partial charge in [0.05, 0.1) is 5.69 Å². The van der Waals surface area contributed by atoms with Crippen LogP contribution in [-0.2, 0) is 4.79 Å². The second-order valence-corrected chi connectivity index (χ2v) is 8.95. The van der Waals surface area contributed by atoms with E-state index >= 15 is 0 Å². The van der Waals surface area contributed by atoms with Crippen molar-refractivity contribution in [1.82, 2.24) is 15.2 Å². The zero-order valence-corrected chi connectivity index (χ0v) is 20.3. The number of para-hydroxylation sites is 1. The Morgan fingerprint density at radius 3 is 2.64 bits per heavy atom. The Morgan fingerprint density at radius 1 is 1.09 bits per heavy atom. The highest BCUT2D eigenvalue weighted by Crippen LogP contribution is 2.44. The van der Waals surface area contributed by atoms with Gasteiger partial charge in [0.15, 0.2) is 11.5 Å². The largest absolute Gasteiger partial charge is 0.455 e. The molecule has 0 saturated carbocycles. The van der Waals surface area contributed by atoms with Crippen molar-refractivity contribution < 1.29 is 13.9 Å². The average Bonchev–Trinajstić information content (AvgIpc) is 3.29. The standard InChI is InChI=1S/C24H19BrN4O3S/c1-3-20(30)29-17-7-5-4-6-16(17)21-22(26-24(33-2)28-27-21)32-23(29)19-13-12-18(31-19)14-8-10-15(25)11-9-14/h4-13,23H,3H2,1-2H3. The number of carbonyl (C=O) groups excluding carboxylic acids is 1. The number of ether oxygens (including phenoxy) is 1. The lowest BCUT2D eigenvalue weighted by Gasteiger charge is -2.29. The number of nitrogens with zero attached hydrogens (tertiary/aromatic N) is 4. The topological polar surface area (TPSA) is 81.4 Å². The van der Waals surface area contributed by atoms with Gasteiger partial charge >= 0.3 is 0 Å². The summed E-state index contributed by atoms with van der Waals surface area (Å²) < 4.78 is 13.5. The third kappa shape index (κ3) is 4.02. The van der Waals surface area contributed by atoms with E-state index in [1.807, 2.05) is 73.8 Å². The molecule has 0 saturated heterocycles. The van der Waals surface area contributed by atoms with Crippen LogP contribution in [0.4, 0.5) is 5.69 Å². The SMILES string of the molecule is CCC(=O)N1c2ccccc2-c2nnc(SC)nc2OC1c1ccc(-c2ccc(Br)cc2)o1. The Balaban J connectivity index is 1.67. The van der Waals surface area contributed by atoms with Gasteiger partial charge in [0.2, 0.25) is 23.2 Å². The molecule has 7 nitrogen and oxygen atoms in total. The molecule has 1 aliphatic heterocycles. The molecule has 2 aromatic carbocycles. The number of rotatable bonds is 4. The molecule has 0 fully saturated rings. The summed E-state index contributed by atoms with van der Waals surface area (Å²) in [6.45, 7) is 1.82. The van der Waals surface area contributed by atoms with E-state index in [1.165, 1.54) is 11.8 Å². The monoisotopic (exact) mass is 522 g/mol. The first-order valence-corrected chi connectivity index (χ1v) is 12.3. The van der Waals surface area contributed by atoms with Crippen LogP contribution in [0.5, 0.6) is 5.88 Å². The van der Waals surface area contributed by atoms with Gasteiger partial charge in [0.25, 0.3) is 0 Å². The number of aromatic nitrogens is 3. The van der Waals surface area contributed by atoms with Gasteiger partial charge in [0.1, 0.15) is 5.76 Å². The molecule has 0 spiro atoms. The van der Waals surface area contributed by atoms with Crippen molar-refractivity contribution in [3.8, 4) is 28.5 Å². The molecule has 2 aromatic heterocycles. The predicted molar refractivity (Wildman–Crippen MR) is 130 cm³/mol. The Kier molecular flexibility index (Phi) is 5.90. The van der Waals surface area contributed by atoms with Crippen LogP contribution in [0, 0.1) is 0 Å². The van der Waals surface area contributed by atoms with Crippen LogP contribution >= 0.6 is 27.7 Å². The molecular formula is C24H19BrN4O3S. The number of carbonyl (C=O) groups is 1. The first kappa shape index (κ1) is 21.7. The van der Waals surface area contributed by atoms with Gasteiger partial charge in [-0.3, -0.25) is 9.69 Å². The van der Waals surface area contributed by atoms with Crippen LogP contribution in [0.15, 0.2) is 74.7 Å². The summed E-state index contributed by atoms with van der Waals surface area (Å²) in [7, 11) is 0. The highest BCUT2D eigenvalue weighted by molar-refractivity contribution is 9.10. The molecule has 1 aliphatic rings. The Hall–Kier alpha value is -3.17. The summed E-state index contributed by atoms with van der Waals surface area (Å²) in [5, 5.41) is 9.03. The fourth-order valence-corrected chi connectivity index (χ4v) is 4.24. The van der Waals surface area contributed by atoms with Gasteiger partial charge in [-0.25, -0.2) is 0 Å². The molecule has 4 aromatic rings. The van der Waals surface area contributed by atoms with E-state index in [-0.39, 0.29) is 5.91 Å². The molecule has 0 aliphatic carbocycles. The molecule has 1 amide bonds. The van der Waals surface area contributed by atoms with Crippen molar-refractivity contribution in [3.05, 3.63) is 70.9 Å². The van der Waals surface area contributed by atoms with Gasteiger partial charge in [0, 0.05) is 22.0 Å². The molecule has 1 atom stereocenters. The average molecular weight is 523 g/mol. The summed E-state index contributed by atoms with van der Waals surface area (Å²) in [5.74, 6) is 1.36. The number of benzene rings is 2. The highest BCUT2D eigenvalue weighted by Gasteiger charge is 2.37. The van der Waals surface area contributed by atoms with Crippen molar-refractivity contribution in [2.75, 3.05) is 11.2 Å². The number of hydrogen-bond acceptors (Lipinski definition) is 7. The number of fused-ring (bicyclic) bond motifs is 3. The Bertz CT molecular complexity index is 1330. The normalized spacial score (nSPS) is 14.8. The summed E-state index contributed by atoms with van der Waals surface area (Å²) in [6.07, 6.45) is 1.31. The number of furan rings is 1. The molecule has 0 bridgehead atoms. The number of hydrogen-bond donors (Lipinski definition) is 0. The first-order valence-electron chi connectivity index (χ1n) is 10.3. The number of amides is 1. The molecule has 3 heterocycles. The fourth-order valence-electron chi connectivity index (χ4n) is 3.68. The zero-order valence-electron chi connectivity index (χ0n) is 17.9. The molecule has 9 heteroatoms. The Morgan fingerprint density at radius 2 is 1.88 bits per heavy atom. The van der Waals surface area contributed by atoms with Gasteiger partial charge in [-0.15, -0.1) is 10.2 Å². The van der Waals surface area contributed by atoms with Gasteiger partial charge in [-0.05, 0) is 36.6 Å². The molecule has 166 valence electrons. The third-order valence-corrected chi connectivity index (χ3v) is 6.33. The van der Waals surface area contributed by atoms with Crippen molar-refractivity contribution in [2.45, 2.75) is 24.7 Å². The molecule has 1 unspecified atom stereocenters. The van der Waals surface area contributed by atoms with Gasteiger partial charge in [-0.2, -0.15) is 4.98 Å². The number of halogens is 1. The lowest BCUT2D eigenvalue weighted by atomic mass is 10.1. The van der Waals surface area contributed by atoms with Crippen LogP contribution in [-0.4, -0.2) is 27.3 Å². The van der Waals surface area contributed by atoms with Gasteiger partial charge < -0.3 is 9.15 Å². The number of anilines is 1. The quantitative estimate of drug-likeness (QED) is 0.298. The van der Waals surface area contributed by atoms with E-state index in [0.717, 1.165) is 15.6 Å². The molecule has 0 radical (unpaired) electrons. The van der Waals surface area contributed by atoms with Crippen molar-refractivity contribution in [2.24, 2.45) is 0 Å². The van der Waals surface area contributed by atoms with Crippen LogP contribution in [0.3, 0.4) is 0 Å². The summed E-state index contributed by atoms with van der Waals surface area (Å²) in [4.78, 5) is 19.3. The maximum absolute atomic E-state index is 13.2. The summed E-state index contributed by atoms with van der Waals surface area (Å²) in [6, 6.07) is 19.1. The third-order valence-electron chi connectivity index (χ3n) is 5.26.